The monoisotopic (exact) mass is 245 g/mol. The molecule has 0 fully saturated rings. The van der Waals surface area contributed by atoms with E-state index in [9.17, 15) is 4.79 Å². The molecule has 0 amide bonds. The van der Waals surface area contributed by atoms with Crippen molar-refractivity contribution in [3.8, 4) is 0 Å². The molecular formula is C8H5Cl2N3O2. The van der Waals surface area contributed by atoms with E-state index in [1.54, 1.807) is 12.3 Å². The average Bonchev–Trinajstić information content (AvgIpc) is 2.46. The van der Waals surface area contributed by atoms with Crippen molar-refractivity contribution in [2.45, 2.75) is 6.54 Å². The van der Waals surface area contributed by atoms with E-state index in [1.165, 1.54) is 4.57 Å². The van der Waals surface area contributed by atoms with Crippen LogP contribution in [0.15, 0.2) is 12.3 Å². The Kier molecular flexibility index (Phi) is 2.50. The molecule has 78 valence electrons. The van der Waals surface area contributed by atoms with Crippen LogP contribution in [0.4, 0.5) is 0 Å². The minimum atomic E-state index is -0.960. The Labute approximate surface area is 94.3 Å². The fourth-order valence-corrected chi connectivity index (χ4v) is 1.82. The predicted molar refractivity (Wildman–Crippen MR) is 55.2 cm³/mol. The van der Waals surface area contributed by atoms with Crippen molar-refractivity contribution in [2.75, 3.05) is 0 Å². The number of carboxylic acids is 1. The topological polar surface area (TPSA) is 68.0 Å². The molecule has 0 saturated carbocycles. The smallest absolute Gasteiger partial charge is 0.323 e. The van der Waals surface area contributed by atoms with Crippen LogP contribution in [0.3, 0.4) is 0 Å². The van der Waals surface area contributed by atoms with E-state index in [0.717, 1.165) is 0 Å². The van der Waals surface area contributed by atoms with Crippen LogP contribution < -0.4 is 0 Å². The normalized spacial score (nSPS) is 10.8. The minimum absolute atomic E-state index is 0.0422. The van der Waals surface area contributed by atoms with Gasteiger partial charge in [0, 0.05) is 6.20 Å². The summed E-state index contributed by atoms with van der Waals surface area (Å²) in [6.07, 6.45) is 1.58. The van der Waals surface area contributed by atoms with Gasteiger partial charge in [-0.15, -0.1) is 0 Å². The SMILES string of the molecule is O=C(O)Cn1ccc2nc(Cl)nc(Cl)c21. The molecule has 5 nitrogen and oxygen atoms in total. The molecule has 0 atom stereocenters. The maximum Gasteiger partial charge on any atom is 0.323 e. The van der Waals surface area contributed by atoms with E-state index in [4.69, 9.17) is 28.3 Å². The van der Waals surface area contributed by atoms with Crippen molar-refractivity contribution >= 4 is 40.2 Å². The lowest BCUT2D eigenvalue weighted by molar-refractivity contribution is -0.137. The van der Waals surface area contributed by atoms with Gasteiger partial charge in [0.1, 0.15) is 12.1 Å². The number of carbonyl (C=O) groups is 1. The Hall–Kier alpha value is -1.33. The fourth-order valence-electron chi connectivity index (χ4n) is 1.31. The van der Waals surface area contributed by atoms with Crippen molar-refractivity contribution < 1.29 is 9.90 Å². The van der Waals surface area contributed by atoms with Gasteiger partial charge in [0.2, 0.25) is 5.28 Å². The second-order valence-corrected chi connectivity index (χ2v) is 3.55. The fraction of sp³-hybridized carbons (Fsp3) is 0.125. The molecule has 2 heterocycles. The number of rotatable bonds is 2. The van der Waals surface area contributed by atoms with Gasteiger partial charge in [-0.2, -0.15) is 0 Å². The van der Waals surface area contributed by atoms with E-state index in [0.29, 0.717) is 11.0 Å². The molecule has 0 unspecified atom stereocenters. The molecule has 2 aromatic heterocycles. The van der Waals surface area contributed by atoms with Crippen molar-refractivity contribution in [3.05, 3.63) is 22.7 Å². The van der Waals surface area contributed by atoms with Crippen LogP contribution in [0.1, 0.15) is 0 Å². The van der Waals surface area contributed by atoms with E-state index in [1.807, 2.05) is 0 Å². The van der Waals surface area contributed by atoms with Crippen molar-refractivity contribution in [1.82, 2.24) is 14.5 Å². The highest BCUT2D eigenvalue weighted by molar-refractivity contribution is 6.35. The molecule has 1 N–H and O–H groups in total. The molecular weight excluding hydrogens is 241 g/mol. The van der Waals surface area contributed by atoms with Gasteiger partial charge in [-0.05, 0) is 17.7 Å². The van der Waals surface area contributed by atoms with Crippen LogP contribution in [0.2, 0.25) is 10.4 Å². The summed E-state index contributed by atoms with van der Waals surface area (Å²) in [5.41, 5.74) is 1.00. The standard InChI is InChI=1S/C8H5Cl2N3O2/c9-7-6-4(11-8(10)12-7)1-2-13(6)3-5(14)15/h1-2H,3H2,(H,14,15). The Morgan fingerprint density at radius 2 is 2.20 bits per heavy atom. The molecule has 0 aliphatic heterocycles. The zero-order valence-electron chi connectivity index (χ0n) is 7.31. The lowest BCUT2D eigenvalue weighted by atomic mass is 10.4. The second kappa shape index (κ2) is 3.67. The summed E-state index contributed by atoms with van der Waals surface area (Å²) in [6, 6.07) is 1.64. The first-order chi connectivity index (χ1) is 7.08. The zero-order chi connectivity index (χ0) is 11.0. The molecule has 7 heteroatoms. The Morgan fingerprint density at radius 1 is 1.47 bits per heavy atom. The summed E-state index contributed by atoms with van der Waals surface area (Å²) >= 11 is 11.4. The highest BCUT2D eigenvalue weighted by atomic mass is 35.5. The van der Waals surface area contributed by atoms with Crippen LogP contribution in [-0.4, -0.2) is 25.6 Å². The number of fused-ring (bicyclic) bond motifs is 1. The first-order valence-electron chi connectivity index (χ1n) is 3.97. The molecule has 0 bridgehead atoms. The summed E-state index contributed by atoms with van der Waals surface area (Å²) in [5, 5.41) is 8.85. The third-order valence-corrected chi connectivity index (χ3v) is 2.28. The number of aliphatic carboxylic acids is 1. The quantitative estimate of drug-likeness (QED) is 0.648. The summed E-state index contributed by atoms with van der Waals surface area (Å²) in [6.45, 7) is -0.186. The van der Waals surface area contributed by atoms with E-state index >= 15 is 0 Å². The van der Waals surface area contributed by atoms with Gasteiger partial charge in [-0.25, -0.2) is 9.97 Å². The van der Waals surface area contributed by atoms with Gasteiger partial charge in [0.15, 0.2) is 5.15 Å². The Balaban J connectivity index is 2.63. The van der Waals surface area contributed by atoms with Crippen LogP contribution in [-0.2, 0) is 11.3 Å². The van der Waals surface area contributed by atoms with E-state index in [-0.39, 0.29) is 17.0 Å². The van der Waals surface area contributed by atoms with Crippen LogP contribution in [0.25, 0.3) is 11.0 Å². The number of hydrogen-bond donors (Lipinski definition) is 1. The molecule has 0 saturated heterocycles. The van der Waals surface area contributed by atoms with Crippen LogP contribution in [0.5, 0.6) is 0 Å². The molecule has 0 aliphatic rings. The molecule has 0 aromatic carbocycles. The first-order valence-corrected chi connectivity index (χ1v) is 4.73. The van der Waals surface area contributed by atoms with E-state index < -0.39 is 5.97 Å². The molecule has 2 aromatic rings. The third-order valence-electron chi connectivity index (χ3n) is 1.85. The number of nitrogens with zero attached hydrogens (tertiary/aromatic N) is 3. The largest absolute Gasteiger partial charge is 0.480 e. The van der Waals surface area contributed by atoms with Gasteiger partial charge in [-0.1, -0.05) is 11.6 Å². The maximum atomic E-state index is 10.6. The maximum absolute atomic E-state index is 10.6. The number of halogens is 2. The minimum Gasteiger partial charge on any atom is -0.480 e. The van der Waals surface area contributed by atoms with Gasteiger partial charge >= 0.3 is 5.97 Å². The average molecular weight is 246 g/mol. The molecule has 0 spiro atoms. The van der Waals surface area contributed by atoms with Gasteiger partial charge in [0.05, 0.1) is 5.52 Å². The number of hydrogen-bond acceptors (Lipinski definition) is 3. The highest BCUT2D eigenvalue weighted by Gasteiger charge is 2.11. The zero-order valence-corrected chi connectivity index (χ0v) is 8.83. The second-order valence-electron chi connectivity index (χ2n) is 2.85. The van der Waals surface area contributed by atoms with Crippen molar-refractivity contribution in [1.29, 1.82) is 0 Å². The van der Waals surface area contributed by atoms with Crippen LogP contribution >= 0.6 is 23.2 Å². The van der Waals surface area contributed by atoms with E-state index in [2.05, 4.69) is 9.97 Å². The Morgan fingerprint density at radius 3 is 2.87 bits per heavy atom. The third kappa shape index (κ3) is 1.88. The van der Waals surface area contributed by atoms with Crippen LogP contribution in [0, 0.1) is 0 Å². The highest BCUT2D eigenvalue weighted by Crippen LogP contribution is 2.22. The summed E-state index contributed by atoms with van der Waals surface area (Å²) in [5.74, 6) is -0.960. The number of aromatic nitrogens is 3. The molecule has 2 rings (SSSR count). The summed E-state index contributed by atoms with van der Waals surface area (Å²) in [4.78, 5) is 18.2. The number of carboxylic acid groups (broad SMARTS) is 1. The van der Waals surface area contributed by atoms with Gasteiger partial charge in [-0.3, -0.25) is 4.79 Å². The predicted octanol–water partition coefficient (Wildman–Crippen LogP) is 1.82. The summed E-state index contributed by atoms with van der Waals surface area (Å²) < 4.78 is 1.45. The Bertz CT molecular complexity index is 538. The lowest BCUT2D eigenvalue weighted by Gasteiger charge is -2.02. The van der Waals surface area contributed by atoms with Crippen molar-refractivity contribution in [3.63, 3.8) is 0 Å². The first kappa shape index (κ1) is 10.2. The molecule has 0 aliphatic carbocycles. The van der Waals surface area contributed by atoms with Gasteiger partial charge < -0.3 is 9.67 Å². The van der Waals surface area contributed by atoms with Crippen molar-refractivity contribution in [2.24, 2.45) is 0 Å². The molecule has 0 radical (unpaired) electrons. The lowest BCUT2D eigenvalue weighted by Crippen LogP contribution is -2.07. The molecule has 15 heavy (non-hydrogen) atoms. The summed E-state index contributed by atoms with van der Waals surface area (Å²) in [7, 11) is 0. The van der Waals surface area contributed by atoms with Gasteiger partial charge in [0.25, 0.3) is 0 Å².